The molecule has 0 saturated carbocycles. The maximum absolute atomic E-state index is 3.99. The zero-order valence-electron chi connectivity index (χ0n) is 17.1. The number of hydrogen-bond donors (Lipinski definition) is 0. The predicted octanol–water partition coefficient (Wildman–Crippen LogP) is 6.11. The molecule has 2 aromatic rings. The Bertz CT molecular complexity index is 1230. The first-order valence-electron chi connectivity index (χ1n) is 10.0. The molecule has 3 aliphatic rings. The van der Waals surface area contributed by atoms with E-state index in [2.05, 4.69) is 92.3 Å². The highest BCUT2D eigenvalue weighted by Gasteiger charge is 2.37. The number of thioether (sulfide) groups is 1. The van der Waals surface area contributed by atoms with Gasteiger partial charge in [0, 0.05) is 19.8 Å². The molecule has 0 nitrogen and oxygen atoms in total. The predicted molar refractivity (Wildman–Crippen MR) is 130 cm³/mol. The van der Waals surface area contributed by atoms with Crippen LogP contribution in [0.4, 0.5) is 0 Å². The Hall–Kier alpha value is -1.29. The summed E-state index contributed by atoms with van der Waals surface area (Å²) in [4.78, 5) is 1.45. The van der Waals surface area contributed by atoms with Crippen molar-refractivity contribution in [3.05, 3.63) is 72.7 Å². The molecular formula is C25H25BrSSi. The Morgan fingerprint density at radius 2 is 1.86 bits per heavy atom. The fourth-order valence-electron chi connectivity index (χ4n) is 5.11. The molecule has 0 amide bonds. The molecule has 0 spiro atoms. The van der Waals surface area contributed by atoms with E-state index in [0.29, 0.717) is 5.25 Å². The fourth-order valence-corrected chi connectivity index (χ4v) is 10.7. The second kappa shape index (κ2) is 6.35. The maximum Gasteiger partial charge on any atom is 0.109 e. The Balaban J connectivity index is 1.73. The van der Waals surface area contributed by atoms with Gasteiger partial charge >= 0.3 is 0 Å². The van der Waals surface area contributed by atoms with Crippen LogP contribution in [0, 0.1) is 0 Å². The Morgan fingerprint density at radius 3 is 2.61 bits per heavy atom. The lowest BCUT2D eigenvalue weighted by molar-refractivity contribution is 1.24. The number of halogens is 1. The molecule has 0 saturated heterocycles. The summed E-state index contributed by atoms with van der Waals surface area (Å²) in [5.41, 5.74) is 7.27. The molecule has 0 radical (unpaired) electrons. The third kappa shape index (κ3) is 2.56. The summed E-state index contributed by atoms with van der Waals surface area (Å²) in [6, 6.07) is 11.4. The van der Waals surface area contributed by atoms with Crippen LogP contribution in [0.1, 0.15) is 37.5 Å². The molecule has 28 heavy (non-hydrogen) atoms. The summed E-state index contributed by atoms with van der Waals surface area (Å²) in [6.45, 7) is 12.0. The normalized spacial score (nSPS) is 20.1. The standard InChI is InChI=1S/C25H25BrSSi/c1-14-10-20-21(13-22-23(24(20)26)15(2)16(3)27-22)25(14)28(4,5)19-11-17-8-6-7-9-18(17)12-19/h6-11,13,16H,12H2,1-5H3. The van der Waals surface area contributed by atoms with Crippen LogP contribution in [0.2, 0.25) is 13.1 Å². The number of allylic oxidation sites excluding steroid dienone is 2. The second-order valence-electron chi connectivity index (χ2n) is 8.84. The second-order valence-corrected chi connectivity index (χ2v) is 15.4. The zero-order chi connectivity index (χ0) is 19.8. The molecule has 1 aliphatic heterocycles. The van der Waals surface area contributed by atoms with Crippen LogP contribution >= 0.6 is 27.7 Å². The molecular weight excluding hydrogens is 440 g/mol. The number of hydrogen-bond acceptors (Lipinski definition) is 1. The largest absolute Gasteiger partial charge is 0.118 e. The highest BCUT2D eigenvalue weighted by atomic mass is 79.9. The average Bonchev–Trinajstić information content (AvgIpc) is 3.30. The Morgan fingerprint density at radius 1 is 1.11 bits per heavy atom. The summed E-state index contributed by atoms with van der Waals surface area (Å²) in [7, 11) is -1.77. The van der Waals surface area contributed by atoms with Crippen molar-refractivity contribution in [2.24, 2.45) is 0 Å². The van der Waals surface area contributed by atoms with Crippen LogP contribution in [0.5, 0.6) is 0 Å². The molecule has 2 aliphatic carbocycles. The summed E-state index contributed by atoms with van der Waals surface area (Å²) in [5, 5.41) is 6.77. The Kier molecular flexibility index (Phi) is 4.25. The lowest BCUT2D eigenvalue weighted by Crippen LogP contribution is -2.36. The topological polar surface area (TPSA) is 0 Å². The first kappa shape index (κ1) is 18.7. The Labute approximate surface area is 181 Å². The van der Waals surface area contributed by atoms with Gasteiger partial charge in [0.05, 0.1) is 0 Å². The van der Waals surface area contributed by atoms with E-state index in [4.69, 9.17) is 0 Å². The SMILES string of the molecule is CC1=Cc2c(Br)c3c(cc2=C1[Si](C)(C)C1=Cc2ccccc2C1)SC(C)C=3C. The van der Waals surface area contributed by atoms with Gasteiger partial charge in [-0.3, -0.25) is 0 Å². The number of benzene rings is 2. The van der Waals surface area contributed by atoms with Gasteiger partial charge in [-0.05, 0) is 76.3 Å². The van der Waals surface area contributed by atoms with Gasteiger partial charge in [-0.25, -0.2) is 0 Å². The average molecular weight is 466 g/mol. The van der Waals surface area contributed by atoms with E-state index in [1.807, 2.05) is 11.8 Å². The lowest BCUT2D eigenvalue weighted by atomic mass is 10.1. The van der Waals surface area contributed by atoms with Crippen molar-refractivity contribution in [3.63, 3.8) is 0 Å². The third-order valence-electron chi connectivity index (χ3n) is 6.79. The smallest absolute Gasteiger partial charge is 0.109 e. The molecule has 0 fully saturated rings. The van der Waals surface area contributed by atoms with Gasteiger partial charge in [0.25, 0.3) is 0 Å². The molecule has 1 unspecified atom stereocenters. The molecule has 0 N–H and O–H groups in total. The minimum atomic E-state index is -1.77. The summed E-state index contributed by atoms with van der Waals surface area (Å²) >= 11 is 6.00. The van der Waals surface area contributed by atoms with Crippen molar-refractivity contribution >= 4 is 58.7 Å². The van der Waals surface area contributed by atoms with Crippen LogP contribution in [0.3, 0.4) is 0 Å². The molecule has 3 heteroatoms. The molecule has 5 rings (SSSR count). The summed E-state index contributed by atoms with van der Waals surface area (Å²) in [6.07, 6.45) is 6.02. The van der Waals surface area contributed by atoms with E-state index in [0.717, 1.165) is 6.42 Å². The van der Waals surface area contributed by atoms with Crippen LogP contribution in [0.15, 0.2) is 50.5 Å². The number of rotatable bonds is 2. The van der Waals surface area contributed by atoms with Crippen LogP contribution in [0.25, 0.3) is 22.9 Å². The maximum atomic E-state index is 3.99. The van der Waals surface area contributed by atoms with E-state index in [-0.39, 0.29) is 0 Å². The van der Waals surface area contributed by atoms with Gasteiger partial charge in [0.2, 0.25) is 0 Å². The molecule has 0 bridgehead atoms. The van der Waals surface area contributed by atoms with Crippen molar-refractivity contribution < 1.29 is 0 Å². The molecule has 1 heterocycles. The van der Waals surface area contributed by atoms with Gasteiger partial charge in [0.1, 0.15) is 8.07 Å². The molecule has 1 atom stereocenters. The summed E-state index contributed by atoms with van der Waals surface area (Å²) < 4.78 is 1.30. The molecule has 142 valence electrons. The van der Waals surface area contributed by atoms with E-state index in [9.17, 15) is 0 Å². The van der Waals surface area contributed by atoms with Crippen molar-refractivity contribution in [1.82, 2.24) is 0 Å². The van der Waals surface area contributed by atoms with Gasteiger partial charge in [0.15, 0.2) is 0 Å². The zero-order valence-corrected chi connectivity index (χ0v) is 20.5. The minimum absolute atomic E-state index is 0.569. The van der Waals surface area contributed by atoms with Crippen molar-refractivity contribution in [2.75, 3.05) is 0 Å². The highest BCUT2D eigenvalue weighted by molar-refractivity contribution is 9.10. The summed E-state index contributed by atoms with van der Waals surface area (Å²) in [5.74, 6) is 0. The van der Waals surface area contributed by atoms with Gasteiger partial charge in [-0.2, -0.15) is 0 Å². The first-order chi connectivity index (χ1) is 13.3. The fraction of sp³-hybridized carbons (Fsp3) is 0.280. The lowest BCUT2D eigenvalue weighted by Gasteiger charge is -2.27. The molecule has 2 aromatic carbocycles. The number of fused-ring (bicyclic) bond motifs is 3. The van der Waals surface area contributed by atoms with E-state index >= 15 is 0 Å². The van der Waals surface area contributed by atoms with Crippen LogP contribution in [-0.2, 0) is 6.42 Å². The van der Waals surface area contributed by atoms with E-state index in [1.54, 1.807) is 10.4 Å². The highest BCUT2D eigenvalue weighted by Crippen LogP contribution is 2.41. The van der Waals surface area contributed by atoms with Gasteiger partial charge < -0.3 is 0 Å². The monoisotopic (exact) mass is 464 g/mol. The minimum Gasteiger partial charge on any atom is -0.118 e. The van der Waals surface area contributed by atoms with E-state index < -0.39 is 8.07 Å². The van der Waals surface area contributed by atoms with Crippen molar-refractivity contribution in [3.8, 4) is 0 Å². The van der Waals surface area contributed by atoms with Crippen LogP contribution in [-0.4, -0.2) is 13.3 Å². The third-order valence-corrected chi connectivity index (χ3v) is 12.7. The van der Waals surface area contributed by atoms with Gasteiger partial charge in [-0.15, -0.1) is 11.8 Å². The van der Waals surface area contributed by atoms with E-state index in [1.165, 1.54) is 47.6 Å². The first-order valence-corrected chi connectivity index (χ1v) is 14.7. The molecule has 0 aromatic heterocycles. The van der Waals surface area contributed by atoms with Crippen LogP contribution < -0.4 is 10.4 Å². The quantitative estimate of drug-likeness (QED) is 0.483. The van der Waals surface area contributed by atoms with Crippen molar-refractivity contribution in [1.29, 1.82) is 0 Å². The van der Waals surface area contributed by atoms with Gasteiger partial charge in [-0.1, -0.05) is 65.9 Å². The van der Waals surface area contributed by atoms with Crippen molar-refractivity contribution in [2.45, 2.75) is 50.4 Å².